The minimum Gasteiger partial charge on any atom is -0.488 e. The number of fused-ring (bicyclic) bond motifs is 2. The van der Waals surface area contributed by atoms with Crippen molar-refractivity contribution in [3.63, 3.8) is 0 Å². The van der Waals surface area contributed by atoms with E-state index in [2.05, 4.69) is 14.9 Å². The van der Waals surface area contributed by atoms with Gasteiger partial charge in [-0.05, 0) is 18.2 Å². The van der Waals surface area contributed by atoms with Crippen molar-refractivity contribution in [3.05, 3.63) is 62.6 Å². The van der Waals surface area contributed by atoms with Gasteiger partial charge in [-0.2, -0.15) is 0 Å². The molecule has 0 aliphatic carbocycles. The van der Waals surface area contributed by atoms with Gasteiger partial charge in [0.1, 0.15) is 24.0 Å². The van der Waals surface area contributed by atoms with Crippen LogP contribution in [0.15, 0.2) is 28.6 Å². The average molecular weight is 390 g/mol. The first-order valence-electron chi connectivity index (χ1n) is 9.07. The molecular formula is C20H21ClFN3O2. The highest BCUT2D eigenvalue weighted by Crippen LogP contribution is 2.36. The van der Waals surface area contributed by atoms with Crippen molar-refractivity contribution in [1.29, 1.82) is 0 Å². The summed E-state index contributed by atoms with van der Waals surface area (Å²) in [4.78, 5) is 22.1. The van der Waals surface area contributed by atoms with Gasteiger partial charge in [0.25, 0.3) is 5.56 Å². The molecule has 0 radical (unpaired) electrons. The Morgan fingerprint density at radius 3 is 3.00 bits per heavy atom. The van der Waals surface area contributed by atoms with Crippen LogP contribution < -0.4 is 10.3 Å². The summed E-state index contributed by atoms with van der Waals surface area (Å²) in [6.07, 6.45) is 0.718. The number of aromatic nitrogens is 2. The zero-order valence-corrected chi connectivity index (χ0v) is 16.1. The van der Waals surface area contributed by atoms with Crippen LogP contribution in [0.4, 0.5) is 4.39 Å². The molecule has 142 valence electrons. The smallest absolute Gasteiger partial charge is 0.255 e. The average Bonchev–Trinajstić information content (AvgIpc) is 2.64. The Morgan fingerprint density at radius 2 is 2.22 bits per heavy atom. The number of H-pyrrole nitrogens is 1. The molecule has 1 aromatic heterocycles. The van der Waals surface area contributed by atoms with E-state index in [-0.39, 0.29) is 17.3 Å². The van der Waals surface area contributed by atoms with E-state index in [4.69, 9.17) is 16.3 Å². The predicted molar refractivity (Wildman–Crippen MR) is 103 cm³/mol. The second-order valence-electron chi connectivity index (χ2n) is 7.34. The first-order chi connectivity index (χ1) is 12.9. The third-order valence-corrected chi connectivity index (χ3v) is 5.49. The van der Waals surface area contributed by atoms with Crippen LogP contribution in [0.5, 0.6) is 5.75 Å². The molecule has 2 aliphatic heterocycles. The van der Waals surface area contributed by atoms with E-state index in [1.807, 2.05) is 13.8 Å². The van der Waals surface area contributed by atoms with Gasteiger partial charge in [-0.15, -0.1) is 0 Å². The molecule has 4 rings (SSSR count). The third-order valence-electron chi connectivity index (χ3n) is 5.02. The number of nitrogens with one attached hydrogen (secondary N) is 1. The van der Waals surface area contributed by atoms with E-state index < -0.39 is 0 Å². The van der Waals surface area contributed by atoms with Gasteiger partial charge in [0.05, 0.1) is 16.3 Å². The Morgan fingerprint density at radius 1 is 1.41 bits per heavy atom. The number of hydrogen-bond donors (Lipinski definition) is 1. The Hall–Kier alpha value is -2.18. The number of rotatable bonds is 3. The standard InChI is InChI=1S/C20H21ClFN3O2/c1-11(2)19-23-16-5-6-25(9-15(16)20(26)24-19)8-12-10-27-17-4-3-13(22)7-14(17)18(12)21/h3-4,7,11H,5-6,8-10H2,1-2H3,(H,23,24,26). The minimum atomic E-state index is -0.345. The van der Waals surface area contributed by atoms with Gasteiger partial charge in [-0.3, -0.25) is 9.69 Å². The molecule has 0 amide bonds. The van der Waals surface area contributed by atoms with E-state index >= 15 is 0 Å². The first kappa shape index (κ1) is 18.2. The summed E-state index contributed by atoms with van der Waals surface area (Å²) >= 11 is 6.52. The summed E-state index contributed by atoms with van der Waals surface area (Å²) in [6, 6.07) is 4.35. The number of aromatic amines is 1. The molecular weight excluding hydrogens is 369 g/mol. The Labute approximate surface area is 161 Å². The summed E-state index contributed by atoms with van der Waals surface area (Å²) in [5.41, 5.74) is 3.00. The quantitative estimate of drug-likeness (QED) is 0.873. The summed E-state index contributed by atoms with van der Waals surface area (Å²) < 4.78 is 19.3. The monoisotopic (exact) mass is 389 g/mol. The molecule has 0 atom stereocenters. The molecule has 3 heterocycles. The van der Waals surface area contributed by atoms with Crippen LogP contribution in [0.1, 0.15) is 42.4 Å². The van der Waals surface area contributed by atoms with E-state index in [0.717, 1.165) is 30.1 Å². The molecule has 2 aliphatic rings. The van der Waals surface area contributed by atoms with Crippen molar-refractivity contribution in [3.8, 4) is 5.75 Å². The van der Waals surface area contributed by atoms with Crippen LogP contribution >= 0.6 is 11.6 Å². The maximum atomic E-state index is 13.6. The van der Waals surface area contributed by atoms with Crippen molar-refractivity contribution in [2.45, 2.75) is 32.7 Å². The van der Waals surface area contributed by atoms with Gasteiger partial charge in [-0.1, -0.05) is 25.4 Å². The Balaban J connectivity index is 1.57. The van der Waals surface area contributed by atoms with Crippen LogP contribution in [0.25, 0.3) is 5.03 Å². The lowest BCUT2D eigenvalue weighted by Crippen LogP contribution is -2.38. The predicted octanol–water partition coefficient (Wildman–Crippen LogP) is 3.43. The second kappa shape index (κ2) is 7.09. The lowest BCUT2D eigenvalue weighted by atomic mass is 10.0. The van der Waals surface area contributed by atoms with E-state index in [0.29, 0.717) is 41.6 Å². The molecule has 2 aromatic rings. The normalized spacial score (nSPS) is 16.9. The second-order valence-corrected chi connectivity index (χ2v) is 7.72. The summed E-state index contributed by atoms with van der Waals surface area (Å²) in [7, 11) is 0. The molecule has 0 bridgehead atoms. The van der Waals surface area contributed by atoms with Crippen LogP contribution in [0, 0.1) is 5.82 Å². The maximum absolute atomic E-state index is 13.6. The molecule has 0 saturated carbocycles. The lowest BCUT2D eigenvalue weighted by Gasteiger charge is -2.30. The zero-order valence-electron chi connectivity index (χ0n) is 15.3. The highest BCUT2D eigenvalue weighted by Gasteiger charge is 2.25. The van der Waals surface area contributed by atoms with Crippen molar-refractivity contribution in [1.82, 2.24) is 14.9 Å². The molecule has 1 aromatic carbocycles. The van der Waals surface area contributed by atoms with Gasteiger partial charge < -0.3 is 9.72 Å². The molecule has 1 N–H and O–H groups in total. The fraction of sp³-hybridized carbons (Fsp3) is 0.400. The number of benzene rings is 1. The summed E-state index contributed by atoms with van der Waals surface area (Å²) in [5.74, 6) is 1.17. The molecule has 0 spiro atoms. The fourth-order valence-electron chi connectivity index (χ4n) is 3.51. The van der Waals surface area contributed by atoms with E-state index in [1.165, 1.54) is 12.1 Å². The topological polar surface area (TPSA) is 58.2 Å². The number of ether oxygens (including phenoxy) is 1. The molecule has 7 heteroatoms. The fourth-order valence-corrected chi connectivity index (χ4v) is 3.77. The van der Waals surface area contributed by atoms with E-state index in [9.17, 15) is 9.18 Å². The third kappa shape index (κ3) is 3.51. The molecule has 0 saturated heterocycles. The highest BCUT2D eigenvalue weighted by atomic mass is 35.5. The van der Waals surface area contributed by atoms with Crippen molar-refractivity contribution < 1.29 is 9.13 Å². The van der Waals surface area contributed by atoms with Crippen LogP contribution in [-0.2, 0) is 13.0 Å². The Bertz CT molecular complexity index is 984. The number of hydrogen-bond acceptors (Lipinski definition) is 4. The largest absolute Gasteiger partial charge is 0.488 e. The van der Waals surface area contributed by atoms with Crippen LogP contribution in [0.2, 0.25) is 0 Å². The lowest BCUT2D eigenvalue weighted by molar-refractivity contribution is 0.253. The first-order valence-corrected chi connectivity index (χ1v) is 9.44. The molecule has 0 fully saturated rings. The van der Waals surface area contributed by atoms with Crippen LogP contribution in [0.3, 0.4) is 0 Å². The molecule has 27 heavy (non-hydrogen) atoms. The Kier molecular flexibility index (Phi) is 4.78. The van der Waals surface area contributed by atoms with E-state index in [1.54, 1.807) is 6.07 Å². The van der Waals surface area contributed by atoms with Gasteiger partial charge in [0, 0.05) is 43.1 Å². The van der Waals surface area contributed by atoms with Gasteiger partial charge in [-0.25, -0.2) is 9.37 Å². The van der Waals surface area contributed by atoms with Crippen molar-refractivity contribution in [2.75, 3.05) is 19.7 Å². The SMILES string of the molecule is CC(C)c1nc2c(c(=O)[nH]1)CN(CC1=C(Cl)c3cc(F)ccc3OC1)CC2. The summed E-state index contributed by atoms with van der Waals surface area (Å²) in [6.45, 7) is 6.25. The van der Waals surface area contributed by atoms with Crippen LogP contribution in [-0.4, -0.2) is 34.6 Å². The van der Waals surface area contributed by atoms with Crippen molar-refractivity contribution in [2.24, 2.45) is 0 Å². The zero-order chi connectivity index (χ0) is 19.1. The van der Waals surface area contributed by atoms with Crippen molar-refractivity contribution >= 4 is 16.6 Å². The number of halogens is 2. The van der Waals surface area contributed by atoms with Gasteiger partial charge in [0.15, 0.2) is 0 Å². The maximum Gasteiger partial charge on any atom is 0.255 e. The number of nitrogens with zero attached hydrogens (tertiary/aromatic N) is 2. The van der Waals surface area contributed by atoms with Gasteiger partial charge in [0.2, 0.25) is 0 Å². The van der Waals surface area contributed by atoms with Gasteiger partial charge >= 0.3 is 0 Å². The molecule has 0 unspecified atom stereocenters. The molecule has 5 nitrogen and oxygen atoms in total. The highest BCUT2D eigenvalue weighted by molar-refractivity contribution is 6.49. The minimum absolute atomic E-state index is 0.0687. The summed E-state index contributed by atoms with van der Waals surface area (Å²) in [5, 5.41) is 0.531.